The molecule has 0 bridgehead atoms. The van der Waals surface area contributed by atoms with Gasteiger partial charge in [-0.15, -0.1) is 23.0 Å². The maximum atomic E-state index is 10.3. The highest BCUT2D eigenvalue weighted by molar-refractivity contribution is 7.73. The SMILES string of the molecule is C=CCn1c(O)c(/C=C2/C=NN=C2c2ccc(OC)cc2)sc1=S. The van der Waals surface area contributed by atoms with Crippen LogP contribution >= 0.6 is 23.6 Å². The molecule has 0 amide bonds. The predicted octanol–water partition coefficient (Wildman–Crippen LogP) is 4.05. The van der Waals surface area contributed by atoms with E-state index in [9.17, 15) is 5.11 Å². The van der Waals surface area contributed by atoms with E-state index in [0.29, 0.717) is 15.4 Å². The molecule has 0 unspecified atom stereocenters. The average Bonchev–Trinajstić information content (AvgIpc) is 3.16. The van der Waals surface area contributed by atoms with Gasteiger partial charge >= 0.3 is 0 Å². The summed E-state index contributed by atoms with van der Waals surface area (Å²) in [6, 6.07) is 7.58. The van der Waals surface area contributed by atoms with Crippen LogP contribution in [0.2, 0.25) is 0 Å². The van der Waals surface area contributed by atoms with Gasteiger partial charge in [-0.2, -0.15) is 5.10 Å². The lowest BCUT2D eigenvalue weighted by Gasteiger charge is -2.04. The van der Waals surface area contributed by atoms with E-state index in [1.807, 2.05) is 30.3 Å². The summed E-state index contributed by atoms with van der Waals surface area (Å²) in [6.07, 6.45) is 5.20. The molecule has 3 rings (SSSR count). The van der Waals surface area contributed by atoms with Gasteiger partial charge in [0.05, 0.1) is 18.2 Å². The van der Waals surface area contributed by atoms with Crippen LogP contribution < -0.4 is 4.74 Å². The van der Waals surface area contributed by atoms with Crippen LogP contribution in [0.15, 0.2) is 52.7 Å². The summed E-state index contributed by atoms with van der Waals surface area (Å²) in [5, 5.41) is 18.5. The predicted molar refractivity (Wildman–Crippen MR) is 101 cm³/mol. The lowest BCUT2D eigenvalue weighted by atomic mass is 10.0. The van der Waals surface area contributed by atoms with Crippen molar-refractivity contribution in [3.8, 4) is 11.6 Å². The van der Waals surface area contributed by atoms with E-state index in [0.717, 1.165) is 22.6 Å². The number of aromatic nitrogens is 1. The molecule has 24 heavy (non-hydrogen) atoms. The minimum atomic E-state index is 0.131. The Labute approximate surface area is 148 Å². The first-order valence-electron chi connectivity index (χ1n) is 7.15. The molecule has 1 N–H and O–H groups in total. The van der Waals surface area contributed by atoms with Crippen LogP contribution in [0, 0.1) is 3.95 Å². The number of hydrogen-bond acceptors (Lipinski definition) is 6. The van der Waals surface area contributed by atoms with Gasteiger partial charge in [0.15, 0.2) is 3.95 Å². The maximum Gasteiger partial charge on any atom is 0.210 e. The third kappa shape index (κ3) is 3.08. The molecule has 0 radical (unpaired) electrons. The Balaban J connectivity index is 1.96. The molecule has 2 heterocycles. The van der Waals surface area contributed by atoms with Crippen LogP contribution in [0.5, 0.6) is 11.6 Å². The molecule has 0 aliphatic carbocycles. The van der Waals surface area contributed by atoms with Crippen LogP contribution in [-0.4, -0.2) is 28.7 Å². The fraction of sp³-hybridized carbons (Fsp3) is 0.118. The molecule has 7 heteroatoms. The fourth-order valence-corrected chi connectivity index (χ4v) is 3.56. The molecule has 0 atom stereocenters. The van der Waals surface area contributed by atoms with Gasteiger partial charge in [-0.3, -0.25) is 4.57 Å². The second-order valence-electron chi connectivity index (χ2n) is 4.98. The molecular formula is C17H15N3O2S2. The molecule has 1 aromatic carbocycles. The van der Waals surface area contributed by atoms with Crippen LogP contribution in [0.3, 0.4) is 0 Å². The number of aromatic hydroxyl groups is 1. The zero-order valence-electron chi connectivity index (χ0n) is 13.0. The van der Waals surface area contributed by atoms with E-state index in [1.54, 1.807) is 24.0 Å². The number of thiazole rings is 1. The van der Waals surface area contributed by atoms with Crippen molar-refractivity contribution in [1.29, 1.82) is 0 Å². The van der Waals surface area contributed by atoms with Gasteiger partial charge in [-0.25, -0.2) is 0 Å². The van der Waals surface area contributed by atoms with Crippen LogP contribution in [0.4, 0.5) is 0 Å². The average molecular weight is 357 g/mol. The van der Waals surface area contributed by atoms with Crippen LogP contribution in [0.25, 0.3) is 6.08 Å². The van der Waals surface area contributed by atoms with Crippen molar-refractivity contribution in [2.75, 3.05) is 7.11 Å². The molecule has 0 saturated carbocycles. The smallest absolute Gasteiger partial charge is 0.210 e. The number of ether oxygens (including phenoxy) is 1. The van der Waals surface area contributed by atoms with Gasteiger partial charge < -0.3 is 9.84 Å². The molecule has 0 spiro atoms. The highest BCUT2D eigenvalue weighted by atomic mass is 32.1. The summed E-state index contributed by atoms with van der Waals surface area (Å²) in [5.74, 6) is 0.910. The van der Waals surface area contributed by atoms with Crippen LogP contribution in [0.1, 0.15) is 10.4 Å². The van der Waals surface area contributed by atoms with E-state index in [-0.39, 0.29) is 5.88 Å². The van der Waals surface area contributed by atoms with Gasteiger partial charge in [0.2, 0.25) is 5.88 Å². The summed E-state index contributed by atoms with van der Waals surface area (Å²) in [5.41, 5.74) is 2.48. The molecule has 0 fully saturated rings. The first-order valence-corrected chi connectivity index (χ1v) is 8.37. The monoisotopic (exact) mass is 357 g/mol. The number of hydrogen-bond donors (Lipinski definition) is 1. The minimum Gasteiger partial charge on any atom is -0.497 e. The van der Waals surface area contributed by atoms with Crippen molar-refractivity contribution < 1.29 is 9.84 Å². The normalized spacial score (nSPS) is 14.9. The second kappa shape index (κ2) is 6.94. The Morgan fingerprint density at radius 2 is 2.12 bits per heavy atom. The zero-order chi connectivity index (χ0) is 17.1. The molecule has 2 aromatic rings. The van der Waals surface area contributed by atoms with E-state index in [4.69, 9.17) is 17.0 Å². The van der Waals surface area contributed by atoms with E-state index >= 15 is 0 Å². The van der Waals surface area contributed by atoms with Gasteiger partial charge in [0.25, 0.3) is 0 Å². The fourth-order valence-electron chi connectivity index (χ4n) is 2.29. The standard InChI is InChI=1S/C17H15N3O2S2/c1-3-8-20-16(21)14(24-17(20)23)9-12-10-18-19-15(12)11-4-6-13(22-2)7-5-11/h3-7,9-10,21H,1,8H2,2H3/b12-9-. The van der Waals surface area contributed by atoms with Crippen molar-refractivity contribution >= 4 is 41.6 Å². The first kappa shape index (κ1) is 16.4. The molecule has 1 aromatic heterocycles. The highest BCUT2D eigenvalue weighted by Crippen LogP contribution is 2.29. The second-order valence-corrected chi connectivity index (χ2v) is 6.65. The number of benzene rings is 1. The summed E-state index contributed by atoms with van der Waals surface area (Å²) in [7, 11) is 1.63. The Morgan fingerprint density at radius 3 is 2.79 bits per heavy atom. The molecular weight excluding hydrogens is 342 g/mol. The molecule has 1 aliphatic rings. The number of methoxy groups -OCH3 is 1. The van der Waals surface area contributed by atoms with Gasteiger partial charge in [-0.1, -0.05) is 6.08 Å². The third-order valence-electron chi connectivity index (χ3n) is 3.48. The lowest BCUT2D eigenvalue weighted by Crippen LogP contribution is -2.02. The maximum absolute atomic E-state index is 10.3. The van der Waals surface area contributed by atoms with Gasteiger partial charge in [0.1, 0.15) is 11.5 Å². The van der Waals surface area contributed by atoms with Crippen molar-refractivity contribution in [1.82, 2.24) is 4.57 Å². The summed E-state index contributed by atoms with van der Waals surface area (Å²) < 4.78 is 7.40. The van der Waals surface area contributed by atoms with Crippen molar-refractivity contribution in [3.05, 3.63) is 56.9 Å². The number of allylic oxidation sites excluding steroid dienone is 2. The highest BCUT2D eigenvalue weighted by Gasteiger charge is 2.16. The van der Waals surface area contributed by atoms with Crippen molar-refractivity contribution in [2.45, 2.75) is 6.54 Å². The van der Waals surface area contributed by atoms with E-state index in [1.165, 1.54) is 11.3 Å². The lowest BCUT2D eigenvalue weighted by molar-refractivity contribution is 0.415. The van der Waals surface area contributed by atoms with E-state index < -0.39 is 0 Å². The summed E-state index contributed by atoms with van der Waals surface area (Å²) in [4.78, 5) is 0.673. The Morgan fingerprint density at radius 1 is 1.38 bits per heavy atom. The zero-order valence-corrected chi connectivity index (χ0v) is 14.6. The minimum absolute atomic E-state index is 0.131. The van der Waals surface area contributed by atoms with Crippen LogP contribution in [-0.2, 0) is 6.54 Å². The Kier molecular flexibility index (Phi) is 4.73. The van der Waals surface area contributed by atoms with E-state index in [2.05, 4.69) is 16.8 Å². The Hall–Kier alpha value is -2.51. The molecule has 1 aliphatic heterocycles. The number of rotatable bonds is 5. The summed E-state index contributed by atoms with van der Waals surface area (Å²) >= 11 is 6.62. The number of nitrogens with zero attached hydrogens (tertiary/aromatic N) is 3. The third-order valence-corrected chi connectivity index (χ3v) is 4.87. The first-order chi connectivity index (χ1) is 11.6. The van der Waals surface area contributed by atoms with Crippen molar-refractivity contribution in [3.63, 3.8) is 0 Å². The van der Waals surface area contributed by atoms with Gasteiger partial charge in [0, 0.05) is 17.7 Å². The quantitative estimate of drug-likeness (QED) is 0.649. The van der Waals surface area contributed by atoms with Crippen molar-refractivity contribution in [2.24, 2.45) is 10.2 Å². The Bertz CT molecular complexity index is 918. The summed E-state index contributed by atoms with van der Waals surface area (Å²) in [6.45, 7) is 4.15. The molecule has 5 nitrogen and oxygen atoms in total. The molecule has 0 saturated heterocycles. The topological polar surface area (TPSA) is 59.1 Å². The van der Waals surface area contributed by atoms with Gasteiger partial charge in [-0.05, 0) is 42.6 Å². The molecule has 122 valence electrons. The largest absolute Gasteiger partial charge is 0.497 e.